The summed E-state index contributed by atoms with van der Waals surface area (Å²) in [4.78, 5) is 1.00. The second-order valence-corrected chi connectivity index (χ2v) is 4.25. The van der Waals surface area contributed by atoms with Crippen LogP contribution in [0.3, 0.4) is 0 Å². The van der Waals surface area contributed by atoms with Crippen molar-refractivity contribution in [3.05, 3.63) is 21.9 Å². The van der Waals surface area contributed by atoms with Gasteiger partial charge in [0.15, 0.2) is 0 Å². The Bertz CT molecular complexity index is 247. The zero-order chi connectivity index (χ0) is 9.68. The van der Waals surface area contributed by atoms with Crippen LogP contribution in [-0.4, -0.2) is 5.11 Å². The third-order valence-electron chi connectivity index (χ3n) is 2.13. The van der Waals surface area contributed by atoms with E-state index in [9.17, 15) is 0 Å². The summed E-state index contributed by atoms with van der Waals surface area (Å²) >= 11 is 1.58. The summed E-state index contributed by atoms with van der Waals surface area (Å²) in [5.74, 6) is 0. The number of unbranched alkanes of at least 4 members (excludes halogenated alkanes) is 1. The zero-order valence-electron chi connectivity index (χ0n) is 7.99. The van der Waals surface area contributed by atoms with Crippen molar-refractivity contribution < 1.29 is 5.11 Å². The number of nitrogens with two attached hydrogens (primary N) is 1. The number of thiophene rings is 1. The van der Waals surface area contributed by atoms with Crippen molar-refractivity contribution in [2.75, 3.05) is 0 Å². The van der Waals surface area contributed by atoms with Gasteiger partial charge in [-0.15, -0.1) is 11.3 Å². The third kappa shape index (κ3) is 3.10. The molecule has 0 spiro atoms. The molecule has 1 aromatic rings. The lowest BCUT2D eigenvalue weighted by Crippen LogP contribution is -2.08. The van der Waals surface area contributed by atoms with E-state index in [0.29, 0.717) is 0 Å². The molecule has 13 heavy (non-hydrogen) atoms. The molecule has 0 saturated heterocycles. The molecular formula is C10H17NOS. The first-order chi connectivity index (χ1) is 6.27. The largest absolute Gasteiger partial charge is 0.391 e. The van der Waals surface area contributed by atoms with Gasteiger partial charge in [-0.1, -0.05) is 19.8 Å². The first-order valence-electron chi connectivity index (χ1n) is 4.71. The standard InChI is InChI=1S/C10H17NOS/c1-2-3-4-10(11)8-5-9(6-12)13-7-8/h5,7,10,12H,2-4,6,11H2,1H3/t10-/m0/s1. The molecule has 0 aliphatic rings. The molecule has 1 atom stereocenters. The molecule has 0 bridgehead atoms. The van der Waals surface area contributed by atoms with E-state index in [0.717, 1.165) is 11.3 Å². The molecule has 3 N–H and O–H groups in total. The number of aliphatic hydroxyl groups excluding tert-OH is 1. The van der Waals surface area contributed by atoms with Gasteiger partial charge in [-0.05, 0) is 23.4 Å². The summed E-state index contributed by atoms with van der Waals surface area (Å²) in [5.41, 5.74) is 7.14. The maximum absolute atomic E-state index is 8.88. The first kappa shape index (κ1) is 10.7. The molecular weight excluding hydrogens is 182 g/mol. The van der Waals surface area contributed by atoms with Gasteiger partial charge in [-0.2, -0.15) is 0 Å². The second-order valence-electron chi connectivity index (χ2n) is 3.25. The smallest absolute Gasteiger partial charge is 0.0774 e. The molecule has 1 rings (SSSR count). The van der Waals surface area contributed by atoms with Gasteiger partial charge in [0.1, 0.15) is 0 Å². The number of hydrogen-bond donors (Lipinski definition) is 2. The minimum absolute atomic E-state index is 0.130. The van der Waals surface area contributed by atoms with Crippen molar-refractivity contribution in [1.29, 1.82) is 0 Å². The minimum Gasteiger partial charge on any atom is -0.391 e. The van der Waals surface area contributed by atoms with Crippen LogP contribution in [0.4, 0.5) is 0 Å². The molecule has 1 heterocycles. The van der Waals surface area contributed by atoms with Crippen LogP contribution in [0, 0.1) is 0 Å². The Balaban J connectivity index is 2.50. The van der Waals surface area contributed by atoms with Crippen molar-refractivity contribution >= 4 is 11.3 Å². The number of rotatable bonds is 5. The van der Waals surface area contributed by atoms with E-state index in [1.807, 2.05) is 11.4 Å². The van der Waals surface area contributed by atoms with Gasteiger partial charge in [-0.3, -0.25) is 0 Å². The summed E-state index contributed by atoms with van der Waals surface area (Å²) in [5, 5.41) is 10.9. The molecule has 0 fully saturated rings. The predicted octanol–water partition coefficient (Wildman–Crippen LogP) is 2.43. The topological polar surface area (TPSA) is 46.2 Å². The van der Waals surface area contributed by atoms with Crippen molar-refractivity contribution in [2.24, 2.45) is 5.73 Å². The van der Waals surface area contributed by atoms with E-state index in [-0.39, 0.29) is 12.6 Å². The van der Waals surface area contributed by atoms with Crippen molar-refractivity contribution in [3.63, 3.8) is 0 Å². The molecule has 0 saturated carbocycles. The van der Waals surface area contributed by atoms with Crippen LogP contribution >= 0.6 is 11.3 Å². The fourth-order valence-corrected chi connectivity index (χ4v) is 2.07. The lowest BCUT2D eigenvalue weighted by molar-refractivity contribution is 0.285. The lowest BCUT2D eigenvalue weighted by atomic mass is 10.1. The van der Waals surface area contributed by atoms with Crippen molar-refractivity contribution in [3.8, 4) is 0 Å². The minimum atomic E-state index is 0.130. The first-order valence-corrected chi connectivity index (χ1v) is 5.59. The maximum Gasteiger partial charge on any atom is 0.0774 e. The molecule has 0 aromatic carbocycles. The summed E-state index contributed by atoms with van der Waals surface area (Å²) < 4.78 is 0. The molecule has 0 radical (unpaired) electrons. The molecule has 0 amide bonds. The SMILES string of the molecule is CCCC[C@H](N)c1csc(CO)c1. The van der Waals surface area contributed by atoms with Crippen LogP contribution in [0.2, 0.25) is 0 Å². The van der Waals surface area contributed by atoms with E-state index < -0.39 is 0 Å². The van der Waals surface area contributed by atoms with E-state index >= 15 is 0 Å². The van der Waals surface area contributed by atoms with Crippen LogP contribution < -0.4 is 5.73 Å². The predicted molar refractivity (Wildman–Crippen MR) is 56.7 cm³/mol. The van der Waals surface area contributed by atoms with Gasteiger partial charge in [0, 0.05) is 10.9 Å². The van der Waals surface area contributed by atoms with Crippen LogP contribution in [0.25, 0.3) is 0 Å². The van der Waals surface area contributed by atoms with E-state index in [2.05, 4.69) is 6.92 Å². The molecule has 0 aliphatic heterocycles. The highest BCUT2D eigenvalue weighted by atomic mass is 32.1. The molecule has 1 aromatic heterocycles. The summed E-state index contributed by atoms with van der Waals surface area (Å²) in [7, 11) is 0. The lowest BCUT2D eigenvalue weighted by Gasteiger charge is -2.07. The van der Waals surface area contributed by atoms with Gasteiger partial charge in [0.2, 0.25) is 0 Å². The fraction of sp³-hybridized carbons (Fsp3) is 0.600. The Morgan fingerprint density at radius 1 is 1.62 bits per heavy atom. The van der Waals surface area contributed by atoms with Gasteiger partial charge in [-0.25, -0.2) is 0 Å². The van der Waals surface area contributed by atoms with Crippen LogP contribution in [0.5, 0.6) is 0 Å². The highest BCUT2D eigenvalue weighted by Crippen LogP contribution is 2.22. The van der Waals surface area contributed by atoms with Gasteiger partial charge in [0.05, 0.1) is 6.61 Å². The highest BCUT2D eigenvalue weighted by Gasteiger charge is 2.07. The monoisotopic (exact) mass is 199 g/mol. The van der Waals surface area contributed by atoms with E-state index in [1.54, 1.807) is 11.3 Å². The normalized spacial score (nSPS) is 13.2. The zero-order valence-corrected chi connectivity index (χ0v) is 8.81. The maximum atomic E-state index is 8.88. The molecule has 2 nitrogen and oxygen atoms in total. The van der Waals surface area contributed by atoms with Crippen LogP contribution in [0.15, 0.2) is 11.4 Å². The summed E-state index contributed by atoms with van der Waals surface area (Å²) in [6, 6.07) is 2.15. The van der Waals surface area contributed by atoms with Gasteiger partial charge in [0.25, 0.3) is 0 Å². The highest BCUT2D eigenvalue weighted by molar-refractivity contribution is 7.10. The molecule has 3 heteroatoms. The average molecular weight is 199 g/mol. The van der Waals surface area contributed by atoms with Crippen LogP contribution in [0.1, 0.15) is 42.7 Å². The van der Waals surface area contributed by atoms with Crippen molar-refractivity contribution in [1.82, 2.24) is 0 Å². The number of aliphatic hydroxyl groups is 1. The average Bonchev–Trinajstić information content (AvgIpc) is 2.62. The summed E-state index contributed by atoms with van der Waals surface area (Å²) in [6.45, 7) is 2.30. The van der Waals surface area contributed by atoms with Gasteiger partial charge >= 0.3 is 0 Å². The Morgan fingerprint density at radius 2 is 2.38 bits per heavy atom. The Labute approximate surface area is 83.4 Å². The van der Waals surface area contributed by atoms with Crippen molar-refractivity contribution in [2.45, 2.75) is 38.8 Å². The third-order valence-corrected chi connectivity index (χ3v) is 3.07. The van der Waals surface area contributed by atoms with Crippen LogP contribution in [-0.2, 0) is 6.61 Å². The molecule has 0 unspecified atom stereocenters. The Morgan fingerprint density at radius 3 is 2.92 bits per heavy atom. The Hall–Kier alpha value is -0.380. The Kier molecular flexibility index (Phi) is 4.42. The number of hydrogen-bond acceptors (Lipinski definition) is 3. The molecule has 0 aliphatic carbocycles. The van der Waals surface area contributed by atoms with E-state index in [1.165, 1.54) is 18.4 Å². The second kappa shape index (κ2) is 5.37. The quantitative estimate of drug-likeness (QED) is 0.765. The van der Waals surface area contributed by atoms with Gasteiger partial charge < -0.3 is 10.8 Å². The van der Waals surface area contributed by atoms with E-state index in [4.69, 9.17) is 10.8 Å². The summed E-state index contributed by atoms with van der Waals surface area (Å²) in [6.07, 6.45) is 3.40. The molecule has 74 valence electrons. The fourth-order valence-electron chi connectivity index (χ4n) is 1.27.